The Morgan fingerprint density at radius 3 is 2.64 bits per heavy atom. The molecule has 1 aromatic heterocycles. The molecule has 2 rings (SSSR count). The Kier molecular flexibility index (Phi) is 4.08. The molecule has 11 nitrogen and oxygen atoms in total. The number of carbonyl (C=O) groups is 3. The number of amides is 1. The number of carboxylic acid groups (broad SMARTS) is 1. The standard InChI is InChI=1S/C11H13N7O4/c1-4(9(19)8(16-12)11(21)22)7-6(10(20)15-7)5(2)18-14-3-13-17-18/h3-7H,1-2H3,(H,15,20)(H,21,22)/t4?,5?,6-,7-/m1/s1. The van der Waals surface area contributed by atoms with E-state index in [0.29, 0.717) is 0 Å². The number of tetrazole rings is 1. The van der Waals surface area contributed by atoms with Gasteiger partial charge >= 0.3 is 11.7 Å². The van der Waals surface area contributed by atoms with Crippen molar-refractivity contribution in [3.63, 3.8) is 0 Å². The Hall–Kier alpha value is -2.94. The van der Waals surface area contributed by atoms with Crippen molar-refractivity contribution in [3.05, 3.63) is 11.9 Å². The van der Waals surface area contributed by atoms with E-state index in [1.807, 2.05) is 0 Å². The van der Waals surface area contributed by atoms with Crippen molar-refractivity contribution in [1.82, 2.24) is 25.5 Å². The lowest BCUT2D eigenvalue weighted by molar-refractivity contribution is -0.142. The molecular weight excluding hydrogens is 294 g/mol. The highest BCUT2D eigenvalue weighted by molar-refractivity contribution is 6.62. The molecule has 2 N–H and O–H groups in total. The number of aliphatic carboxylic acids is 1. The number of β-lactam (4-membered cyclic amide) rings is 1. The van der Waals surface area contributed by atoms with Gasteiger partial charge in [0.25, 0.3) is 5.78 Å². The summed E-state index contributed by atoms with van der Waals surface area (Å²) in [5.74, 6) is -4.30. The molecule has 0 spiro atoms. The van der Waals surface area contributed by atoms with Crippen LogP contribution in [-0.2, 0) is 14.4 Å². The third-order valence-corrected chi connectivity index (χ3v) is 3.74. The van der Waals surface area contributed by atoms with E-state index in [9.17, 15) is 14.4 Å². The average Bonchev–Trinajstić information content (AvgIpc) is 2.98. The maximum atomic E-state index is 12.0. The zero-order valence-electron chi connectivity index (χ0n) is 11.7. The highest BCUT2D eigenvalue weighted by Crippen LogP contribution is 2.31. The molecule has 116 valence electrons. The molecule has 0 bridgehead atoms. The van der Waals surface area contributed by atoms with Crippen LogP contribution < -0.4 is 5.32 Å². The smallest absolute Gasteiger partial charge is 0.441 e. The Balaban J connectivity index is 2.18. The molecule has 0 aromatic carbocycles. The summed E-state index contributed by atoms with van der Waals surface area (Å²) in [4.78, 5) is 38.4. The lowest BCUT2D eigenvalue weighted by Gasteiger charge is -2.41. The summed E-state index contributed by atoms with van der Waals surface area (Å²) in [6.45, 7) is 3.14. The van der Waals surface area contributed by atoms with Gasteiger partial charge in [-0.25, -0.2) is 4.79 Å². The Labute approximate surface area is 123 Å². The van der Waals surface area contributed by atoms with Gasteiger partial charge in [-0.15, -0.1) is 10.2 Å². The number of ketones is 1. The van der Waals surface area contributed by atoms with Gasteiger partial charge in [-0.3, -0.25) is 9.59 Å². The van der Waals surface area contributed by atoms with Crippen molar-refractivity contribution in [3.8, 4) is 0 Å². The molecule has 1 amide bonds. The van der Waals surface area contributed by atoms with Crippen molar-refractivity contribution in [1.29, 1.82) is 0 Å². The highest BCUT2D eigenvalue weighted by atomic mass is 16.4. The Bertz CT molecular complexity index is 664. The molecule has 11 heteroatoms. The van der Waals surface area contributed by atoms with Crippen LogP contribution in [0.25, 0.3) is 5.53 Å². The average molecular weight is 307 g/mol. The fraction of sp³-hybridized carbons (Fsp3) is 0.545. The van der Waals surface area contributed by atoms with E-state index in [-0.39, 0.29) is 5.91 Å². The van der Waals surface area contributed by atoms with Crippen molar-refractivity contribution >= 4 is 23.4 Å². The van der Waals surface area contributed by atoms with Crippen molar-refractivity contribution in [2.45, 2.75) is 25.9 Å². The molecule has 0 saturated carbocycles. The van der Waals surface area contributed by atoms with Gasteiger partial charge < -0.3 is 16.0 Å². The zero-order chi connectivity index (χ0) is 16.4. The number of carbonyl (C=O) groups excluding carboxylic acids is 2. The van der Waals surface area contributed by atoms with Crippen molar-refractivity contribution in [2.24, 2.45) is 11.8 Å². The van der Waals surface area contributed by atoms with Gasteiger partial charge in [-0.2, -0.15) is 9.59 Å². The third kappa shape index (κ3) is 2.49. The van der Waals surface area contributed by atoms with Crippen LogP contribution in [0, 0.1) is 11.8 Å². The first-order valence-electron chi connectivity index (χ1n) is 6.40. The van der Waals surface area contributed by atoms with Crippen LogP contribution in [0.3, 0.4) is 0 Å². The summed E-state index contributed by atoms with van der Waals surface area (Å²) in [5.41, 5.74) is 7.66. The quantitative estimate of drug-likeness (QED) is 0.208. The van der Waals surface area contributed by atoms with Crippen molar-refractivity contribution in [2.75, 3.05) is 0 Å². The number of carboxylic acids is 1. The molecule has 2 unspecified atom stereocenters. The summed E-state index contributed by atoms with van der Waals surface area (Å²) < 4.78 is 0. The van der Waals surface area contributed by atoms with Gasteiger partial charge in [0, 0.05) is 5.92 Å². The van der Waals surface area contributed by atoms with Crippen LogP contribution in [0.2, 0.25) is 0 Å². The predicted molar refractivity (Wildman–Crippen MR) is 68.4 cm³/mol. The summed E-state index contributed by atoms with van der Waals surface area (Å²) in [7, 11) is 0. The van der Waals surface area contributed by atoms with Gasteiger partial charge in [0.05, 0.1) is 18.0 Å². The molecule has 1 saturated heterocycles. The van der Waals surface area contributed by atoms with E-state index >= 15 is 0 Å². The van der Waals surface area contributed by atoms with Crippen molar-refractivity contribution < 1.29 is 24.3 Å². The molecular formula is C11H13N7O4. The summed E-state index contributed by atoms with van der Waals surface area (Å²) in [5, 5.41) is 22.5. The molecule has 1 fully saturated rings. The van der Waals surface area contributed by atoms with Crippen LogP contribution in [0.1, 0.15) is 19.9 Å². The van der Waals surface area contributed by atoms with Gasteiger partial charge in [-0.1, -0.05) is 6.92 Å². The second kappa shape index (κ2) is 5.82. The van der Waals surface area contributed by atoms with Crippen LogP contribution in [0.5, 0.6) is 0 Å². The van der Waals surface area contributed by atoms with E-state index in [2.05, 4.69) is 25.5 Å². The minimum Gasteiger partial charge on any atom is -0.472 e. The number of rotatable bonds is 6. The maximum Gasteiger partial charge on any atom is 0.441 e. The second-order valence-electron chi connectivity index (χ2n) is 4.96. The predicted octanol–water partition coefficient (Wildman–Crippen LogP) is -1.69. The monoisotopic (exact) mass is 307 g/mol. The first kappa shape index (κ1) is 15.4. The van der Waals surface area contributed by atoms with E-state index in [1.54, 1.807) is 6.92 Å². The van der Waals surface area contributed by atoms with Crippen LogP contribution in [0.15, 0.2) is 6.33 Å². The van der Waals surface area contributed by atoms with Gasteiger partial charge in [-0.05, 0) is 12.1 Å². The topological polar surface area (TPSA) is 163 Å². The number of hydrogen-bond donors (Lipinski definition) is 2. The summed E-state index contributed by atoms with van der Waals surface area (Å²) >= 11 is 0. The summed E-state index contributed by atoms with van der Waals surface area (Å²) in [6.07, 6.45) is 1.22. The number of hydrogen-bond acceptors (Lipinski definition) is 6. The lowest BCUT2D eigenvalue weighted by Crippen LogP contribution is -2.65. The first-order valence-corrected chi connectivity index (χ1v) is 6.40. The number of aromatic nitrogens is 4. The zero-order valence-corrected chi connectivity index (χ0v) is 11.7. The molecule has 0 radical (unpaired) electrons. The fourth-order valence-electron chi connectivity index (χ4n) is 2.45. The fourth-order valence-corrected chi connectivity index (χ4v) is 2.45. The van der Waals surface area contributed by atoms with Crippen LogP contribution in [0.4, 0.5) is 0 Å². The molecule has 2 heterocycles. The normalized spacial score (nSPS) is 22.7. The number of nitrogens with one attached hydrogen (secondary N) is 1. The Morgan fingerprint density at radius 2 is 2.18 bits per heavy atom. The summed E-state index contributed by atoms with van der Waals surface area (Å²) in [6, 6.07) is -1.08. The SMILES string of the molecule is CC(C(=O)C(=[N+]=[N-])C(=O)O)[C@H]1NC(=O)[C@@H]1C(C)n1ncnn1. The van der Waals surface area contributed by atoms with E-state index in [1.165, 1.54) is 18.0 Å². The van der Waals surface area contributed by atoms with E-state index in [0.717, 1.165) is 0 Å². The molecule has 4 atom stereocenters. The largest absolute Gasteiger partial charge is 0.472 e. The number of nitrogens with zero attached hydrogens (tertiary/aromatic N) is 6. The molecule has 0 aliphatic carbocycles. The van der Waals surface area contributed by atoms with Crippen LogP contribution in [-0.4, -0.2) is 59.5 Å². The minimum absolute atomic E-state index is 0.299. The first-order chi connectivity index (χ1) is 10.4. The highest BCUT2D eigenvalue weighted by Gasteiger charge is 2.51. The maximum absolute atomic E-state index is 12.0. The Morgan fingerprint density at radius 1 is 1.50 bits per heavy atom. The lowest BCUT2D eigenvalue weighted by atomic mass is 9.76. The minimum atomic E-state index is -1.63. The van der Waals surface area contributed by atoms with Gasteiger partial charge in [0.15, 0.2) is 6.33 Å². The van der Waals surface area contributed by atoms with Gasteiger partial charge in [0.1, 0.15) is 0 Å². The molecule has 1 aliphatic rings. The van der Waals surface area contributed by atoms with Gasteiger partial charge in [0.2, 0.25) is 5.91 Å². The van der Waals surface area contributed by atoms with E-state index < -0.39 is 41.4 Å². The molecule has 1 aromatic rings. The molecule has 22 heavy (non-hydrogen) atoms. The molecule has 1 aliphatic heterocycles. The van der Waals surface area contributed by atoms with Crippen LogP contribution >= 0.6 is 0 Å². The third-order valence-electron chi connectivity index (χ3n) is 3.74. The number of Topliss-reactive ketones (excluding diaryl/α,β-unsaturated/α-hetero) is 1. The van der Waals surface area contributed by atoms with E-state index in [4.69, 9.17) is 10.6 Å². The second-order valence-corrected chi connectivity index (χ2v) is 4.96.